The van der Waals surface area contributed by atoms with E-state index >= 15 is 0 Å². The van der Waals surface area contributed by atoms with Crippen molar-refractivity contribution in [1.82, 2.24) is 5.32 Å². The molecule has 0 saturated heterocycles. The van der Waals surface area contributed by atoms with Gasteiger partial charge in [0.15, 0.2) is 0 Å². The van der Waals surface area contributed by atoms with E-state index in [9.17, 15) is 14.4 Å². The summed E-state index contributed by atoms with van der Waals surface area (Å²) in [5.74, 6) is -2.69. The fourth-order valence-electron chi connectivity index (χ4n) is 1.51. The Morgan fingerprint density at radius 3 is 2.59 bits per heavy atom. The van der Waals surface area contributed by atoms with Crippen LogP contribution in [0.3, 0.4) is 0 Å². The first-order valence-corrected chi connectivity index (χ1v) is 5.40. The standard InChI is InChI=1S/C12H15NO4/c1-8(14)11(15)13-10(12(16)17)7-9-5-3-2-4-6-9/h3,5-6,10H,2,4,7H2,1H3,(H,13,15)(H,16,17)/t10-/m0/s1. The van der Waals surface area contributed by atoms with Gasteiger partial charge >= 0.3 is 5.97 Å². The number of ketones is 1. The van der Waals surface area contributed by atoms with Gasteiger partial charge in [-0.15, -0.1) is 0 Å². The van der Waals surface area contributed by atoms with E-state index in [1.807, 2.05) is 18.2 Å². The van der Waals surface area contributed by atoms with E-state index in [0.717, 1.165) is 25.3 Å². The maximum Gasteiger partial charge on any atom is 0.326 e. The molecule has 0 unspecified atom stereocenters. The van der Waals surface area contributed by atoms with Gasteiger partial charge < -0.3 is 10.4 Å². The zero-order valence-corrected chi connectivity index (χ0v) is 9.60. The van der Waals surface area contributed by atoms with E-state index in [2.05, 4.69) is 5.32 Å². The Hall–Kier alpha value is -1.91. The Morgan fingerprint density at radius 1 is 1.41 bits per heavy atom. The molecular formula is C12H15NO4. The summed E-state index contributed by atoms with van der Waals surface area (Å²) in [5.41, 5.74) is 0.868. The van der Waals surface area contributed by atoms with Crippen molar-refractivity contribution in [1.29, 1.82) is 0 Å². The molecule has 0 aliphatic heterocycles. The van der Waals surface area contributed by atoms with Crippen molar-refractivity contribution in [2.24, 2.45) is 0 Å². The lowest BCUT2D eigenvalue weighted by molar-refractivity contribution is -0.143. The highest BCUT2D eigenvalue weighted by atomic mass is 16.4. The number of carboxylic acid groups (broad SMARTS) is 1. The van der Waals surface area contributed by atoms with Crippen LogP contribution >= 0.6 is 0 Å². The second kappa shape index (κ2) is 5.98. The Balaban J connectivity index is 2.63. The molecule has 0 bridgehead atoms. The minimum Gasteiger partial charge on any atom is -0.480 e. The van der Waals surface area contributed by atoms with E-state index in [1.54, 1.807) is 0 Å². The molecule has 0 fully saturated rings. The summed E-state index contributed by atoms with van der Waals surface area (Å²) in [4.78, 5) is 32.9. The normalized spacial score (nSPS) is 15.9. The molecule has 1 aliphatic rings. The molecule has 2 N–H and O–H groups in total. The van der Waals surface area contributed by atoms with Crippen LogP contribution in [0.4, 0.5) is 0 Å². The third-order valence-electron chi connectivity index (χ3n) is 2.43. The molecule has 0 aromatic rings. The van der Waals surface area contributed by atoms with Crippen molar-refractivity contribution in [2.45, 2.75) is 32.2 Å². The number of aliphatic carboxylic acids is 1. The van der Waals surface area contributed by atoms with Gasteiger partial charge in [0, 0.05) is 13.3 Å². The van der Waals surface area contributed by atoms with Crippen LogP contribution in [0, 0.1) is 0 Å². The monoisotopic (exact) mass is 237 g/mol. The molecular weight excluding hydrogens is 222 g/mol. The van der Waals surface area contributed by atoms with Crippen LogP contribution in [0.2, 0.25) is 0 Å². The Labute approximate surface area is 99.2 Å². The SMILES string of the molecule is CC(=O)C(=O)N[C@@H](CC1=CCCC=C1)C(=O)O. The number of hydrogen-bond donors (Lipinski definition) is 2. The Kier molecular flexibility index (Phi) is 4.63. The summed E-state index contributed by atoms with van der Waals surface area (Å²) in [6.07, 6.45) is 7.76. The summed E-state index contributed by atoms with van der Waals surface area (Å²) in [7, 11) is 0. The summed E-state index contributed by atoms with van der Waals surface area (Å²) in [6, 6.07) is -1.06. The minimum atomic E-state index is -1.14. The molecule has 5 heteroatoms. The highest BCUT2D eigenvalue weighted by Gasteiger charge is 2.22. The lowest BCUT2D eigenvalue weighted by Crippen LogP contribution is -2.43. The molecule has 17 heavy (non-hydrogen) atoms. The molecule has 1 aliphatic carbocycles. The molecule has 0 radical (unpaired) electrons. The number of carbonyl (C=O) groups is 3. The van der Waals surface area contributed by atoms with Crippen molar-refractivity contribution >= 4 is 17.7 Å². The molecule has 1 atom stereocenters. The lowest BCUT2D eigenvalue weighted by Gasteiger charge is -2.15. The molecule has 1 rings (SSSR count). The zero-order chi connectivity index (χ0) is 12.8. The lowest BCUT2D eigenvalue weighted by atomic mass is 10.00. The van der Waals surface area contributed by atoms with Gasteiger partial charge in [-0.2, -0.15) is 0 Å². The topological polar surface area (TPSA) is 83.5 Å². The molecule has 0 aromatic carbocycles. The van der Waals surface area contributed by atoms with Crippen molar-refractivity contribution in [2.75, 3.05) is 0 Å². The molecule has 0 saturated carbocycles. The van der Waals surface area contributed by atoms with Crippen LogP contribution in [0.25, 0.3) is 0 Å². The summed E-state index contributed by atoms with van der Waals surface area (Å²) in [6.45, 7) is 1.11. The van der Waals surface area contributed by atoms with Crippen LogP contribution in [0.15, 0.2) is 23.8 Å². The second-order valence-corrected chi connectivity index (χ2v) is 3.88. The third-order valence-corrected chi connectivity index (χ3v) is 2.43. The Morgan fingerprint density at radius 2 is 2.12 bits per heavy atom. The van der Waals surface area contributed by atoms with Gasteiger partial charge in [-0.3, -0.25) is 9.59 Å². The maximum atomic E-state index is 11.1. The van der Waals surface area contributed by atoms with Crippen LogP contribution in [0.5, 0.6) is 0 Å². The number of carbonyl (C=O) groups excluding carboxylic acids is 2. The first-order chi connectivity index (χ1) is 8.00. The fraction of sp³-hybridized carbons (Fsp3) is 0.417. The first kappa shape index (κ1) is 13.2. The van der Waals surface area contributed by atoms with Gasteiger partial charge in [-0.25, -0.2) is 4.79 Å². The van der Waals surface area contributed by atoms with Gasteiger partial charge in [0.25, 0.3) is 5.91 Å². The van der Waals surface area contributed by atoms with Crippen molar-refractivity contribution in [3.8, 4) is 0 Å². The number of Topliss-reactive ketones (excluding diaryl/α,β-unsaturated/α-hetero) is 1. The highest BCUT2D eigenvalue weighted by Crippen LogP contribution is 2.15. The Bertz CT molecular complexity index is 395. The summed E-state index contributed by atoms with van der Waals surface area (Å²) < 4.78 is 0. The van der Waals surface area contributed by atoms with Crippen LogP contribution in [0.1, 0.15) is 26.2 Å². The van der Waals surface area contributed by atoms with E-state index < -0.39 is 23.7 Å². The van der Waals surface area contributed by atoms with Crippen LogP contribution < -0.4 is 5.32 Å². The van der Waals surface area contributed by atoms with Crippen LogP contribution in [-0.2, 0) is 14.4 Å². The molecule has 0 heterocycles. The van der Waals surface area contributed by atoms with Gasteiger partial charge in [0.05, 0.1) is 0 Å². The smallest absolute Gasteiger partial charge is 0.326 e. The highest BCUT2D eigenvalue weighted by molar-refractivity contribution is 6.35. The largest absolute Gasteiger partial charge is 0.480 e. The average molecular weight is 237 g/mol. The quantitative estimate of drug-likeness (QED) is 0.693. The van der Waals surface area contributed by atoms with Gasteiger partial charge in [0.1, 0.15) is 6.04 Å². The number of carboxylic acids is 1. The van der Waals surface area contributed by atoms with Gasteiger partial charge in [-0.05, 0) is 18.4 Å². The van der Waals surface area contributed by atoms with Crippen molar-refractivity contribution < 1.29 is 19.5 Å². The van der Waals surface area contributed by atoms with Gasteiger partial charge in [-0.1, -0.05) is 18.2 Å². The van der Waals surface area contributed by atoms with E-state index in [1.165, 1.54) is 0 Å². The molecule has 92 valence electrons. The van der Waals surface area contributed by atoms with Crippen molar-refractivity contribution in [3.05, 3.63) is 23.8 Å². The molecule has 0 aromatic heterocycles. The molecule has 5 nitrogen and oxygen atoms in total. The summed E-state index contributed by atoms with van der Waals surface area (Å²) >= 11 is 0. The van der Waals surface area contributed by atoms with E-state index in [0.29, 0.717) is 0 Å². The number of hydrogen-bond acceptors (Lipinski definition) is 3. The number of rotatable bonds is 5. The minimum absolute atomic E-state index is 0.199. The number of amides is 1. The van der Waals surface area contributed by atoms with Crippen molar-refractivity contribution in [3.63, 3.8) is 0 Å². The summed E-state index contributed by atoms with van der Waals surface area (Å²) in [5, 5.41) is 11.2. The fourth-order valence-corrected chi connectivity index (χ4v) is 1.51. The second-order valence-electron chi connectivity index (χ2n) is 3.88. The maximum absolute atomic E-state index is 11.1. The predicted octanol–water partition coefficient (Wildman–Crippen LogP) is 0.811. The van der Waals surface area contributed by atoms with E-state index in [4.69, 9.17) is 5.11 Å². The van der Waals surface area contributed by atoms with E-state index in [-0.39, 0.29) is 6.42 Å². The van der Waals surface area contributed by atoms with Crippen LogP contribution in [-0.4, -0.2) is 28.8 Å². The molecule has 1 amide bonds. The van der Waals surface area contributed by atoms with Gasteiger partial charge in [0.2, 0.25) is 5.78 Å². The zero-order valence-electron chi connectivity index (χ0n) is 9.60. The first-order valence-electron chi connectivity index (χ1n) is 5.40. The number of allylic oxidation sites excluding steroid dienone is 3. The molecule has 0 spiro atoms. The average Bonchev–Trinajstić information content (AvgIpc) is 2.29. The third kappa shape index (κ3) is 4.22. The number of nitrogens with one attached hydrogen (secondary N) is 1. The predicted molar refractivity (Wildman–Crippen MR) is 61.3 cm³/mol.